The van der Waals surface area contributed by atoms with Gasteiger partial charge in [0.25, 0.3) is 5.91 Å². The van der Waals surface area contributed by atoms with Crippen molar-refractivity contribution < 1.29 is 13.2 Å². The van der Waals surface area contributed by atoms with E-state index in [1.54, 1.807) is 30.9 Å². The van der Waals surface area contributed by atoms with Gasteiger partial charge in [-0.2, -0.15) is 0 Å². The number of nitrogens with zero attached hydrogens (tertiary/aromatic N) is 1. The first kappa shape index (κ1) is 19.9. The number of halogens is 1. The van der Waals surface area contributed by atoms with E-state index in [1.807, 2.05) is 0 Å². The molecule has 0 saturated carbocycles. The van der Waals surface area contributed by atoms with E-state index in [0.717, 1.165) is 12.8 Å². The van der Waals surface area contributed by atoms with Crippen LogP contribution in [0.15, 0.2) is 29.2 Å². The lowest BCUT2D eigenvalue weighted by molar-refractivity contribution is 0.0714. The van der Waals surface area contributed by atoms with Crippen LogP contribution in [-0.4, -0.2) is 44.4 Å². The van der Waals surface area contributed by atoms with E-state index in [2.05, 4.69) is 4.72 Å². The van der Waals surface area contributed by atoms with Crippen molar-refractivity contribution in [2.75, 3.05) is 13.1 Å². The molecule has 8 heteroatoms. The van der Waals surface area contributed by atoms with Gasteiger partial charge in [-0.05, 0) is 44.9 Å². The number of rotatable bonds is 4. The minimum atomic E-state index is -3.60. The summed E-state index contributed by atoms with van der Waals surface area (Å²) >= 11 is 0. The second-order valence-electron chi connectivity index (χ2n) is 5.93. The van der Waals surface area contributed by atoms with Crippen molar-refractivity contribution in [3.63, 3.8) is 0 Å². The third-order valence-corrected chi connectivity index (χ3v) is 5.27. The predicted molar refractivity (Wildman–Crippen MR) is 92.3 cm³/mol. The molecule has 0 aliphatic carbocycles. The number of likely N-dealkylation sites (tertiary alicyclic amines) is 1. The van der Waals surface area contributed by atoms with Crippen molar-refractivity contribution in [2.45, 2.75) is 43.7 Å². The third-order valence-electron chi connectivity index (χ3n) is 3.61. The fourth-order valence-electron chi connectivity index (χ4n) is 2.46. The van der Waals surface area contributed by atoms with Crippen molar-refractivity contribution in [1.82, 2.24) is 9.62 Å². The van der Waals surface area contributed by atoms with Crippen molar-refractivity contribution >= 4 is 28.3 Å². The van der Waals surface area contributed by atoms with E-state index in [9.17, 15) is 13.2 Å². The topological polar surface area (TPSA) is 92.5 Å². The summed E-state index contributed by atoms with van der Waals surface area (Å²) in [5.41, 5.74) is 6.23. The van der Waals surface area contributed by atoms with Crippen molar-refractivity contribution in [3.8, 4) is 0 Å². The van der Waals surface area contributed by atoms with Gasteiger partial charge >= 0.3 is 0 Å². The third kappa shape index (κ3) is 5.17. The Balaban J connectivity index is 0.00000264. The Morgan fingerprint density at radius 3 is 2.48 bits per heavy atom. The number of hydrogen-bond acceptors (Lipinski definition) is 4. The van der Waals surface area contributed by atoms with Crippen LogP contribution >= 0.6 is 12.4 Å². The first-order valence-corrected chi connectivity index (χ1v) is 8.95. The first-order valence-electron chi connectivity index (χ1n) is 7.47. The summed E-state index contributed by atoms with van der Waals surface area (Å²) in [4.78, 5) is 14.3. The Morgan fingerprint density at radius 1 is 1.30 bits per heavy atom. The summed E-state index contributed by atoms with van der Waals surface area (Å²) in [6.45, 7) is 4.73. The average molecular weight is 362 g/mol. The van der Waals surface area contributed by atoms with Crippen LogP contribution in [0.4, 0.5) is 0 Å². The molecule has 23 heavy (non-hydrogen) atoms. The van der Waals surface area contributed by atoms with E-state index in [4.69, 9.17) is 5.73 Å². The lowest BCUT2D eigenvalue weighted by Crippen LogP contribution is -2.42. The first-order chi connectivity index (χ1) is 10.3. The lowest BCUT2D eigenvalue weighted by atomic mass is 10.0. The lowest BCUT2D eigenvalue weighted by Gasteiger charge is -2.30. The molecule has 1 fully saturated rings. The second kappa shape index (κ2) is 8.10. The molecule has 1 aliphatic heterocycles. The van der Waals surface area contributed by atoms with Gasteiger partial charge < -0.3 is 10.6 Å². The Kier molecular flexibility index (Phi) is 7.01. The normalized spacial score (nSPS) is 16.3. The van der Waals surface area contributed by atoms with Gasteiger partial charge in [0, 0.05) is 30.7 Å². The number of carbonyl (C=O) groups excluding carboxylic acids is 1. The Hall–Kier alpha value is -1.15. The molecule has 6 nitrogen and oxygen atoms in total. The highest BCUT2D eigenvalue weighted by Gasteiger charge is 2.23. The Morgan fingerprint density at radius 2 is 1.91 bits per heavy atom. The molecule has 0 spiro atoms. The fraction of sp³-hybridized carbons (Fsp3) is 0.533. The zero-order chi connectivity index (χ0) is 16.3. The van der Waals surface area contributed by atoms with E-state index < -0.39 is 10.0 Å². The highest BCUT2D eigenvalue weighted by atomic mass is 35.5. The van der Waals surface area contributed by atoms with Gasteiger partial charge in [-0.1, -0.05) is 6.07 Å². The summed E-state index contributed by atoms with van der Waals surface area (Å²) in [6.07, 6.45) is 1.55. The van der Waals surface area contributed by atoms with Gasteiger partial charge in [-0.3, -0.25) is 4.79 Å². The molecule has 0 unspecified atom stereocenters. The zero-order valence-corrected chi connectivity index (χ0v) is 15.0. The van der Waals surface area contributed by atoms with E-state index in [0.29, 0.717) is 18.7 Å². The SMILES string of the molecule is CC(C)NS(=O)(=O)c1cccc(C(=O)N2CCC(N)CC2)c1.Cl. The van der Waals surface area contributed by atoms with Crippen LogP contribution in [0, 0.1) is 0 Å². The second-order valence-corrected chi connectivity index (χ2v) is 7.65. The maximum Gasteiger partial charge on any atom is 0.253 e. The van der Waals surface area contributed by atoms with Gasteiger partial charge in [0.2, 0.25) is 10.0 Å². The van der Waals surface area contributed by atoms with Crippen LogP contribution < -0.4 is 10.5 Å². The number of nitrogens with one attached hydrogen (secondary N) is 1. The Labute approximate surface area is 143 Å². The number of benzene rings is 1. The smallest absolute Gasteiger partial charge is 0.253 e. The molecule has 1 aromatic carbocycles. The summed E-state index contributed by atoms with van der Waals surface area (Å²) in [6, 6.07) is 6.11. The summed E-state index contributed by atoms with van der Waals surface area (Å²) < 4.78 is 26.9. The summed E-state index contributed by atoms with van der Waals surface area (Å²) in [5, 5.41) is 0. The molecule has 0 aromatic heterocycles. The molecular weight excluding hydrogens is 338 g/mol. The van der Waals surface area contributed by atoms with E-state index in [-0.39, 0.29) is 35.3 Å². The van der Waals surface area contributed by atoms with Crippen LogP contribution in [0.5, 0.6) is 0 Å². The molecule has 1 heterocycles. The number of sulfonamides is 1. The molecule has 2 rings (SSSR count). The molecule has 1 amide bonds. The fourth-order valence-corrected chi connectivity index (χ4v) is 3.76. The van der Waals surface area contributed by atoms with E-state index >= 15 is 0 Å². The van der Waals surface area contributed by atoms with Gasteiger partial charge in [0.05, 0.1) is 4.90 Å². The van der Waals surface area contributed by atoms with Gasteiger partial charge in [0.1, 0.15) is 0 Å². The molecule has 0 bridgehead atoms. The molecule has 130 valence electrons. The number of carbonyl (C=O) groups is 1. The Bertz CT molecular complexity index is 641. The van der Waals surface area contributed by atoms with Crippen LogP contribution in [0.25, 0.3) is 0 Å². The van der Waals surface area contributed by atoms with E-state index in [1.165, 1.54) is 12.1 Å². The molecule has 3 N–H and O–H groups in total. The summed E-state index contributed by atoms with van der Waals surface area (Å²) in [7, 11) is -3.60. The quantitative estimate of drug-likeness (QED) is 0.846. The zero-order valence-electron chi connectivity index (χ0n) is 13.4. The van der Waals surface area contributed by atoms with Gasteiger partial charge in [-0.15, -0.1) is 12.4 Å². The molecule has 1 aliphatic rings. The predicted octanol–water partition coefficient (Wildman–Crippen LogP) is 1.36. The highest BCUT2D eigenvalue weighted by molar-refractivity contribution is 7.89. The number of amides is 1. The summed E-state index contributed by atoms with van der Waals surface area (Å²) in [5.74, 6) is -0.145. The minimum Gasteiger partial charge on any atom is -0.339 e. The maximum absolute atomic E-state index is 12.5. The minimum absolute atomic E-state index is 0. The van der Waals surface area contributed by atoms with Gasteiger partial charge in [-0.25, -0.2) is 13.1 Å². The monoisotopic (exact) mass is 361 g/mol. The molecular formula is C15H24ClN3O3S. The average Bonchev–Trinajstić information content (AvgIpc) is 2.46. The van der Waals surface area contributed by atoms with Crippen molar-refractivity contribution in [1.29, 1.82) is 0 Å². The van der Waals surface area contributed by atoms with Crippen molar-refractivity contribution in [3.05, 3.63) is 29.8 Å². The van der Waals surface area contributed by atoms with Crippen LogP contribution in [0.1, 0.15) is 37.0 Å². The number of hydrogen-bond donors (Lipinski definition) is 2. The van der Waals surface area contributed by atoms with Crippen LogP contribution in [0.3, 0.4) is 0 Å². The molecule has 0 radical (unpaired) electrons. The maximum atomic E-state index is 12.5. The van der Waals surface area contributed by atoms with Gasteiger partial charge in [0.15, 0.2) is 0 Å². The van der Waals surface area contributed by atoms with Crippen molar-refractivity contribution in [2.24, 2.45) is 5.73 Å². The molecule has 0 atom stereocenters. The van der Waals surface area contributed by atoms with Crippen LogP contribution in [0.2, 0.25) is 0 Å². The highest BCUT2D eigenvalue weighted by Crippen LogP contribution is 2.16. The number of nitrogens with two attached hydrogens (primary N) is 1. The standard InChI is InChI=1S/C15H23N3O3S.ClH/c1-11(2)17-22(20,21)14-5-3-4-12(10-14)15(19)18-8-6-13(16)7-9-18;/h3-5,10-11,13,17H,6-9,16H2,1-2H3;1H. The molecule has 1 saturated heterocycles. The number of piperidine rings is 1. The molecule has 1 aromatic rings. The van der Waals surface area contributed by atoms with Crippen LogP contribution in [-0.2, 0) is 10.0 Å². The largest absolute Gasteiger partial charge is 0.339 e.